The molecule has 1 aromatic heterocycles. The van der Waals surface area contributed by atoms with E-state index in [1.165, 1.54) is 43.5 Å². The van der Waals surface area contributed by atoms with Crippen LogP contribution in [0, 0.1) is 5.92 Å². The van der Waals surface area contributed by atoms with Crippen molar-refractivity contribution in [3.63, 3.8) is 0 Å². The molecule has 0 saturated heterocycles. The molecule has 5 heteroatoms. The number of H-pyrrole nitrogens is 1. The van der Waals surface area contributed by atoms with Gasteiger partial charge >= 0.3 is 0 Å². The number of pyridine rings is 1. The zero-order valence-corrected chi connectivity index (χ0v) is 14.2. The third kappa shape index (κ3) is 3.88. The topological polar surface area (TPSA) is 62.0 Å². The predicted molar refractivity (Wildman–Crippen MR) is 95.5 cm³/mol. The predicted octanol–water partition coefficient (Wildman–Crippen LogP) is 3.73. The van der Waals surface area contributed by atoms with E-state index < -0.39 is 5.56 Å². The average molecular weight is 345 g/mol. The lowest BCUT2D eigenvalue weighted by Gasteiger charge is -2.24. The van der Waals surface area contributed by atoms with Crippen LogP contribution in [0.15, 0.2) is 47.4 Å². The third-order valence-corrected chi connectivity index (χ3v) is 5.01. The molecular formula is C19H21ClN2O2. The largest absolute Gasteiger partial charge is 0.351 e. The van der Waals surface area contributed by atoms with Crippen molar-refractivity contribution in [2.24, 2.45) is 5.92 Å². The van der Waals surface area contributed by atoms with E-state index in [0.29, 0.717) is 17.5 Å². The fraction of sp³-hybridized carbons (Fsp3) is 0.368. The molecule has 126 valence electrons. The maximum absolute atomic E-state index is 12.4. The highest BCUT2D eigenvalue weighted by atomic mass is 35.5. The lowest BCUT2D eigenvalue weighted by Crippen LogP contribution is -2.34. The number of aromatic amines is 1. The number of hydrogen-bond acceptors (Lipinski definition) is 2. The molecule has 24 heavy (non-hydrogen) atoms. The molecule has 0 bridgehead atoms. The molecule has 0 spiro atoms. The molecule has 2 N–H and O–H groups in total. The van der Waals surface area contributed by atoms with E-state index in [2.05, 4.69) is 22.4 Å². The Morgan fingerprint density at radius 1 is 1.25 bits per heavy atom. The molecule has 1 amide bonds. The number of rotatable bonds is 5. The van der Waals surface area contributed by atoms with Gasteiger partial charge in [0.15, 0.2) is 0 Å². The fourth-order valence-electron chi connectivity index (χ4n) is 3.54. The van der Waals surface area contributed by atoms with Crippen LogP contribution in [0.3, 0.4) is 0 Å². The van der Waals surface area contributed by atoms with Crippen LogP contribution in [0.4, 0.5) is 0 Å². The number of aromatic nitrogens is 1. The van der Waals surface area contributed by atoms with E-state index in [9.17, 15) is 9.59 Å². The molecule has 1 saturated carbocycles. The quantitative estimate of drug-likeness (QED) is 0.868. The molecule has 0 unspecified atom stereocenters. The van der Waals surface area contributed by atoms with Gasteiger partial charge in [-0.2, -0.15) is 0 Å². The Balaban J connectivity index is 1.75. The minimum absolute atomic E-state index is 0.0562. The zero-order chi connectivity index (χ0) is 16.9. The summed E-state index contributed by atoms with van der Waals surface area (Å²) in [5.74, 6) is 0.471. The lowest BCUT2D eigenvalue weighted by molar-refractivity contribution is 0.0946. The smallest absolute Gasteiger partial charge is 0.260 e. The van der Waals surface area contributed by atoms with Gasteiger partial charge in [-0.15, -0.1) is 0 Å². The highest BCUT2D eigenvalue weighted by molar-refractivity contribution is 6.30. The molecule has 1 atom stereocenters. The van der Waals surface area contributed by atoms with Crippen LogP contribution in [0.25, 0.3) is 0 Å². The number of benzene rings is 1. The van der Waals surface area contributed by atoms with Crippen molar-refractivity contribution in [1.82, 2.24) is 10.3 Å². The molecule has 1 heterocycles. The van der Waals surface area contributed by atoms with Crippen LogP contribution in [-0.2, 0) is 0 Å². The number of hydrogen-bond donors (Lipinski definition) is 2. The Morgan fingerprint density at radius 2 is 1.96 bits per heavy atom. The SMILES string of the molecule is O=C(NC[C@H](c1ccccc1)C1CCCC1)c1cc(Cl)c[nH]c1=O. The van der Waals surface area contributed by atoms with Crippen molar-refractivity contribution in [1.29, 1.82) is 0 Å². The lowest BCUT2D eigenvalue weighted by atomic mass is 9.85. The highest BCUT2D eigenvalue weighted by Gasteiger charge is 2.27. The molecule has 0 radical (unpaired) electrons. The van der Waals surface area contributed by atoms with Crippen LogP contribution in [0.2, 0.25) is 5.02 Å². The van der Waals surface area contributed by atoms with Gasteiger partial charge < -0.3 is 10.3 Å². The van der Waals surface area contributed by atoms with Crippen LogP contribution in [0.1, 0.15) is 47.5 Å². The number of nitrogens with one attached hydrogen (secondary N) is 2. The minimum Gasteiger partial charge on any atom is -0.351 e. The summed E-state index contributed by atoms with van der Waals surface area (Å²) < 4.78 is 0. The number of carbonyl (C=O) groups is 1. The van der Waals surface area contributed by atoms with Gasteiger partial charge in [0.25, 0.3) is 11.5 Å². The van der Waals surface area contributed by atoms with Gasteiger partial charge in [0.05, 0.1) is 5.02 Å². The van der Waals surface area contributed by atoms with Crippen LogP contribution in [0.5, 0.6) is 0 Å². The molecule has 1 fully saturated rings. The highest BCUT2D eigenvalue weighted by Crippen LogP contribution is 2.36. The summed E-state index contributed by atoms with van der Waals surface area (Å²) in [7, 11) is 0. The van der Waals surface area contributed by atoms with E-state index in [1.54, 1.807) is 0 Å². The van der Waals surface area contributed by atoms with Crippen LogP contribution < -0.4 is 10.9 Å². The molecule has 1 aliphatic rings. The van der Waals surface area contributed by atoms with Crippen LogP contribution >= 0.6 is 11.6 Å². The number of amides is 1. The van der Waals surface area contributed by atoms with Gasteiger partial charge in [-0.05, 0) is 30.4 Å². The zero-order valence-electron chi connectivity index (χ0n) is 13.4. The van der Waals surface area contributed by atoms with E-state index in [4.69, 9.17) is 11.6 Å². The first kappa shape index (κ1) is 16.8. The Labute approximate surface area is 146 Å². The molecular weight excluding hydrogens is 324 g/mol. The summed E-state index contributed by atoms with van der Waals surface area (Å²) >= 11 is 5.87. The third-order valence-electron chi connectivity index (χ3n) is 4.79. The Bertz CT molecular complexity index is 751. The maximum Gasteiger partial charge on any atom is 0.260 e. The monoisotopic (exact) mass is 344 g/mol. The molecule has 3 rings (SSSR count). The standard InChI is InChI=1S/C19H21ClN2O2/c20-15-10-16(18(23)21-11-15)19(24)22-12-17(14-8-4-5-9-14)13-6-2-1-3-7-13/h1-3,6-7,10-11,14,17H,4-5,8-9,12H2,(H,21,23)(H,22,24)/t17-/m1/s1. The second-order valence-electron chi connectivity index (χ2n) is 6.33. The summed E-state index contributed by atoms with van der Waals surface area (Å²) in [4.78, 5) is 26.7. The molecule has 2 aromatic rings. The summed E-state index contributed by atoms with van der Waals surface area (Å²) in [5.41, 5.74) is 0.875. The van der Waals surface area contributed by atoms with Crippen molar-refractivity contribution in [3.8, 4) is 0 Å². The first-order valence-electron chi connectivity index (χ1n) is 8.36. The number of halogens is 1. The summed E-state index contributed by atoms with van der Waals surface area (Å²) in [6.07, 6.45) is 6.25. The van der Waals surface area contributed by atoms with E-state index in [1.807, 2.05) is 18.2 Å². The van der Waals surface area contributed by atoms with Crippen LogP contribution in [-0.4, -0.2) is 17.4 Å². The van der Waals surface area contributed by atoms with Gasteiger partial charge in [-0.1, -0.05) is 54.8 Å². The summed E-state index contributed by atoms with van der Waals surface area (Å²) in [6.45, 7) is 0.527. The van der Waals surface area contributed by atoms with Gasteiger partial charge in [-0.25, -0.2) is 0 Å². The average Bonchev–Trinajstić information content (AvgIpc) is 3.12. The van der Waals surface area contributed by atoms with Gasteiger partial charge in [0, 0.05) is 18.7 Å². The van der Waals surface area contributed by atoms with Crippen molar-refractivity contribution in [3.05, 3.63) is 69.1 Å². The molecule has 1 aromatic carbocycles. The Hall–Kier alpha value is -2.07. The van der Waals surface area contributed by atoms with Crippen molar-refractivity contribution < 1.29 is 4.79 Å². The molecule has 0 aliphatic heterocycles. The van der Waals surface area contributed by atoms with Crippen molar-refractivity contribution in [2.75, 3.05) is 6.54 Å². The summed E-state index contributed by atoms with van der Waals surface area (Å²) in [6, 6.07) is 11.7. The summed E-state index contributed by atoms with van der Waals surface area (Å²) in [5, 5.41) is 3.27. The normalized spacial score (nSPS) is 16.0. The van der Waals surface area contributed by atoms with E-state index >= 15 is 0 Å². The van der Waals surface area contributed by atoms with Gasteiger partial charge in [0.2, 0.25) is 0 Å². The maximum atomic E-state index is 12.4. The minimum atomic E-state index is -0.422. The van der Waals surface area contributed by atoms with Gasteiger partial charge in [0.1, 0.15) is 5.56 Å². The van der Waals surface area contributed by atoms with Gasteiger partial charge in [-0.3, -0.25) is 9.59 Å². The molecule has 4 nitrogen and oxygen atoms in total. The molecule has 1 aliphatic carbocycles. The Morgan fingerprint density at radius 3 is 2.67 bits per heavy atom. The first-order valence-corrected chi connectivity index (χ1v) is 8.74. The fourth-order valence-corrected chi connectivity index (χ4v) is 3.70. The second kappa shape index (κ2) is 7.67. The Kier molecular flexibility index (Phi) is 5.36. The number of carbonyl (C=O) groups excluding carboxylic acids is 1. The van der Waals surface area contributed by atoms with Crippen molar-refractivity contribution >= 4 is 17.5 Å². The van der Waals surface area contributed by atoms with E-state index in [0.717, 1.165) is 0 Å². The first-order chi connectivity index (χ1) is 11.6. The van der Waals surface area contributed by atoms with Crippen molar-refractivity contribution in [2.45, 2.75) is 31.6 Å². The second-order valence-corrected chi connectivity index (χ2v) is 6.77. The van der Waals surface area contributed by atoms with E-state index in [-0.39, 0.29) is 17.4 Å².